The number of nitrogens with zero attached hydrogens (tertiary/aromatic N) is 2. The molecule has 3 rings (SSSR count). The predicted molar refractivity (Wildman–Crippen MR) is 75.2 cm³/mol. The van der Waals surface area contributed by atoms with Crippen LogP contribution in [0, 0.1) is 17.1 Å². The molecule has 5 heteroatoms. The van der Waals surface area contributed by atoms with Crippen LogP contribution in [0.5, 0.6) is 0 Å². The van der Waals surface area contributed by atoms with Gasteiger partial charge in [-0.2, -0.15) is 5.26 Å². The maximum Gasteiger partial charge on any atom is 0.187 e. The number of halogens is 1. The molecule has 3 aromatic rings. The van der Waals surface area contributed by atoms with Crippen LogP contribution in [0.15, 0.2) is 48.5 Å². The van der Waals surface area contributed by atoms with Gasteiger partial charge in [-0.25, -0.2) is 9.37 Å². The van der Waals surface area contributed by atoms with E-state index in [1.807, 2.05) is 24.3 Å². The minimum absolute atomic E-state index is 0.281. The van der Waals surface area contributed by atoms with Gasteiger partial charge in [-0.05, 0) is 36.4 Å². The maximum atomic E-state index is 12.9. The smallest absolute Gasteiger partial charge is 0.187 e. The highest BCUT2D eigenvalue weighted by Crippen LogP contribution is 2.21. The van der Waals surface area contributed by atoms with Crippen LogP contribution in [-0.4, -0.2) is 15.8 Å². The van der Waals surface area contributed by atoms with Gasteiger partial charge in [-0.1, -0.05) is 12.1 Å². The number of para-hydroxylation sites is 2. The highest BCUT2D eigenvalue weighted by molar-refractivity contribution is 6.02. The summed E-state index contributed by atoms with van der Waals surface area (Å²) in [6.45, 7) is 0. The molecule has 0 saturated carbocycles. The summed E-state index contributed by atoms with van der Waals surface area (Å²) in [6.07, 6.45) is 0. The topological polar surface area (TPSA) is 69.5 Å². The zero-order valence-corrected chi connectivity index (χ0v) is 10.9. The number of aromatic nitrogens is 2. The fourth-order valence-corrected chi connectivity index (χ4v) is 2.13. The van der Waals surface area contributed by atoms with Crippen LogP contribution < -0.4 is 0 Å². The van der Waals surface area contributed by atoms with Crippen molar-refractivity contribution in [1.29, 1.82) is 5.26 Å². The van der Waals surface area contributed by atoms with Gasteiger partial charge in [0.1, 0.15) is 11.6 Å². The maximum absolute atomic E-state index is 12.9. The monoisotopic (exact) mass is 279 g/mol. The Kier molecular flexibility index (Phi) is 3.20. The fourth-order valence-electron chi connectivity index (χ4n) is 2.13. The lowest BCUT2D eigenvalue weighted by molar-refractivity contribution is 0.0976. The van der Waals surface area contributed by atoms with Gasteiger partial charge in [-0.3, -0.25) is 4.79 Å². The standard InChI is InChI=1S/C16H10FN3O/c17-11-7-5-10(6-8-11)15(21)12(9-18)16-19-13-3-1-2-4-14(13)20-16/h1-8,12H,(H,19,20)/t12-/m0/s1. The lowest BCUT2D eigenvalue weighted by Gasteiger charge is -2.05. The predicted octanol–water partition coefficient (Wildman–Crippen LogP) is 3.19. The summed E-state index contributed by atoms with van der Waals surface area (Å²) in [4.78, 5) is 19.6. The Bertz CT molecular complexity index is 813. The number of H-pyrrole nitrogens is 1. The molecule has 0 radical (unpaired) electrons. The molecule has 102 valence electrons. The first-order valence-corrected chi connectivity index (χ1v) is 6.33. The first kappa shape index (κ1) is 13.0. The molecular formula is C16H10FN3O. The largest absolute Gasteiger partial charge is 0.340 e. The minimum Gasteiger partial charge on any atom is -0.340 e. The van der Waals surface area contributed by atoms with Crippen LogP contribution in [-0.2, 0) is 0 Å². The number of hydrogen-bond acceptors (Lipinski definition) is 3. The second-order valence-corrected chi connectivity index (χ2v) is 4.57. The normalized spacial score (nSPS) is 12.0. The molecule has 0 aliphatic rings. The van der Waals surface area contributed by atoms with Crippen molar-refractivity contribution in [3.8, 4) is 6.07 Å². The second-order valence-electron chi connectivity index (χ2n) is 4.57. The third-order valence-corrected chi connectivity index (χ3v) is 3.20. The van der Waals surface area contributed by atoms with Crippen molar-refractivity contribution < 1.29 is 9.18 Å². The molecule has 1 aromatic heterocycles. The molecule has 0 spiro atoms. The molecule has 4 nitrogen and oxygen atoms in total. The Labute approximate surface area is 119 Å². The molecule has 0 fully saturated rings. The van der Waals surface area contributed by atoms with E-state index < -0.39 is 17.5 Å². The molecule has 1 heterocycles. The number of ketones is 1. The molecule has 2 aromatic carbocycles. The van der Waals surface area contributed by atoms with Crippen LogP contribution in [0.1, 0.15) is 22.1 Å². The van der Waals surface area contributed by atoms with Gasteiger partial charge in [0.2, 0.25) is 0 Å². The van der Waals surface area contributed by atoms with E-state index in [9.17, 15) is 14.4 Å². The van der Waals surface area contributed by atoms with Crippen molar-refractivity contribution in [2.75, 3.05) is 0 Å². The van der Waals surface area contributed by atoms with Gasteiger partial charge in [0.15, 0.2) is 11.7 Å². The fraction of sp³-hybridized carbons (Fsp3) is 0.0625. The molecule has 0 aliphatic heterocycles. The molecular weight excluding hydrogens is 269 g/mol. The third kappa shape index (κ3) is 2.39. The number of fused-ring (bicyclic) bond motifs is 1. The van der Waals surface area contributed by atoms with E-state index in [2.05, 4.69) is 9.97 Å². The molecule has 1 N–H and O–H groups in total. The number of rotatable bonds is 3. The number of hydrogen-bond donors (Lipinski definition) is 1. The quantitative estimate of drug-likeness (QED) is 0.748. The van der Waals surface area contributed by atoms with Crippen molar-refractivity contribution >= 4 is 16.8 Å². The molecule has 0 aliphatic carbocycles. The minimum atomic E-state index is -1.04. The highest BCUT2D eigenvalue weighted by Gasteiger charge is 2.25. The summed E-state index contributed by atoms with van der Waals surface area (Å²) < 4.78 is 12.9. The Morgan fingerprint density at radius 3 is 2.57 bits per heavy atom. The number of imidazole rings is 1. The van der Waals surface area contributed by atoms with Gasteiger partial charge >= 0.3 is 0 Å². The Hall–Kier alpha value is -3.00. The average Bonchev–Trinajstić information content (AvgIpc) is 2.92. The van der Waals surface area contributed by atoms with Gasteiger partial charge in [0.05, 0.1) is 17.1 Å². The summed E-state index contributed by atoms with van der Waals surface area (Å²) in [7, 11) is 0. The van der Waals surface area contributed by atoms with Gasteiger partial charge in [-0.15, -0.1) is 0 Å². The summed E-state index contributed by atoms with van der Waals surface area (Å²) in [5, 5.41) is 9.29. The number of nitriles is 1. The zero-order valence-electron chi connectivity index (χ0n) is 10.9. The van der Waals surface area contributed by atoms with Crippen molar-refractivity contribution in [2.24, 2.45) is 0 Å². The SMILES string of the molecule is N#C[C@@H](C(=O)c1ccc(F)cc1)c1nc2ccccc2[nH]1. The van der Waals surface area contributed by atoms with E-state index in [0.29, 0.717) is 11.3 Å². The number of benzene rings is 2. The van der Waals surface area contributed by atoms with E-state index in [1.54, 1.807) is 6.07 Å². The second kappa shape index (κ2) is 5.17. The van der Waals surface area contributed by atoms with Crippen LogP contribution in [0.25, 0.3) is 11.0 Å². The Morgan fingerprint density at radius 1 is 1.19 bits per heavy atom. The highest BCUT2D eigenvalue weighted by atomic mass is 19.1. The van der Waals surface area contributed by atoms with E-state index in [4.69, 9.17) is 0 Å². The van der Waals surface area contributed by atoms with Crippen molar-refractivity contribution in [3.63, 3.8) is 0 Å². The molecule has 0 saturated heterocycles. The van der Waals surface area contributed by atoms with Gasteiger partial charge < -0.3 is 4.98 Å². The average molecular weight is 279 g/mol. The lowest BCUT2D eigenvalue weighted by Crippen LogP contribution is -2.12. The van der Waals surface area contributed by atoms with Gasteiger partial charge in [0.25, 0.3) is 0 Å². The number of aromatic amines is 1. The van der Waals surface area contributed by atoms with E-state index in [0.717, 1.165) is 5.52 Å². The van der Waals surface area contributed by atoms with Crippen LogP contribution in [0.4, 0.5) is 4.39 Å². The van der Waals surface area contributed by atoms with Crippen molar-refractivity contribution in [2.45, 2.75) is 5.92 Å². The Balaban J connectivity index is 1.99. The first-order valence-electron chi connectivity index (χ1n) is 6.33. The molecule has 0 unspecified atom stereocenters. The number of Topliss-reactive ketones (excluding diaryl/α,β-unsaturated/α-hetero) is 1. The third-order valence-electron chi connectivity index (χ3n) is 3.20. The molecule has 21 heavy (non-hydrogen) atoms. The van der Waals surface area contributed by atoms with Crippen LogP contribution in [0.2, 0.25) is 0 Å². The molecule has 0 amide bonds. The number of carbonyl (C=O) groups excluding carboxylic acids is 1. The van der Waals surface area contributed by atoms with Crippen molar-refractivity contribution in [1.82, 2.24) is 9.97 Å². The number of nitrogens with one attached hydrogen (secondary N) is 1. The van der Waals surface area contributed by atoms with Crippen LogP contribution in [0.3, 0.4) is 0 Å². The summed E-state index contributed by atoms with van der Waals surface area (Å²) in [6, 6.07) is 14.4. The van der Waals surface area contributed by atoms with Crippen LogP contribution >= 0.6 is 0 Å². The summed E-state index contributed by atoms with van der Waals surface area (Å²) >= 11 is 0. The molecule has 1 atom stereocenters. The van der Waals surface area contributed by atoms with E-state index in [1.165, 1.54) is 24.3 Å². The summed E-state index contributed by atoms with van der Waals surface area (Å²) in [5.74, 6) is -1.57. The van der Waals surface area contributed by atoms with E-state index in [-0.39, 0.29) is 5.56 Å². The number of carbonyl (C=O) groups is 1. The zero-order chi connectivity index (χ0) is 14.8. The summed E-state index contributed by atoms with van der Waals surface area (Å²) in [5.41, 5.74) is 1.74. The van der Waals surface area contributed by atoms with Gasteiger partial charge in [0, 0.05) is 5.56 Å². The molecule has 0 bridgehead atoms. The Morgan fingerprint density at radius 2 is 1.90 bits per heavy atom. The first-order chi connectivity index (χ1) is 10.2. The van der Waals surface area contributed by atoms with Crippen molar-refractivity contribution in [3.05, 3.63) is 65.7 Å². The lowest BCUT2D eigenvalue weighted by atomic mass is 9.98. The van der Waals surface area contributed by atoms with E-state index >= 15 is 0 Å².